The molecule has 4 heteroatoms. The Balaban J connectivity index is 1.99. The van der Waals surface area contributed by atoms with Gasteiger partial charge < -0.3 is 4.90 Å². The van der Waals surface area contributed by atoms with E-state index in [1.165, 1.54) is 29.0 Å². The van der Waals surface area contributed by atoms with E-state index >= 15 is 0 Å². The van der Waals surface area contributed by atoms with Gasteiger partial charge in [0.1, 0.15) is 5.01 Å². The molecule has 3 nitrogen and oxygen atoms in total. The molecule has 1 aromatic carbocycles. The van der Waals surface area contributed by atoms with Crippen LogP contribution in [-0.2, 0) is 6.42 Å². The molecular formula is C15H16N2OS. The molecule has 0 N–H and O–H groups in total. The average Bonchev–Trinajstić information content (AvgIpc) is 2.88. The molecule has 0 saturated heterocycles. The highest BCUT2D eigenvalue weighted by molar-refractivity contribution is 7.16. The normalized spacial score (nSPS) is 14.3. The van der Waals surface area contributed by atoms with Gasteiger partial charge in [0.25, 0.3) is 0 Å². The zero-order valence-corrected chi connectivity index (χ0v) is 12.0. The fourth-order valence-corrected chi connectivity index (χ4v) is 3.30. The second-order valence-corrected chi connectivity index (χ2v) is 5.99. The number of thiazole rings is 1. The summed E-state index contributed by atoms with van der Waals surface area (Å²) >= 11 is 1.47. The van der Waals surface area contributed by atoms with E-state index in [9.17, 15) is 4.79 Å². The lowest BCUT2D eigenvalue weighted by Gasteiger charge is -2.27. The predicted octanol–water partition coefficient (Wildman–Crippen LogP) is 3.40. The molecule has 0 radical (unpaired) electrons. The van der Waals surface area contributed by atoms with E-state index in [1.54, 1.807) is 13.1 Å². The van der Waals surface area contributed by atoms with Gasteiger partial charge in [-0.15, -0.1) is 11.3 Å². The molecule has 0 fully saturated rings. The van der Waals surface area contributed by atoms with E-state index in [0.29, 0.717) is 0 Å². The van der Waals surface area contributed by atoms with E-state index in [1.807, 2.05) is 0 Å². The molecule has 0 saturated carbocycles. The molecule has 0 amide bonds. The molecule has 0 aliphatic carbocycles. The van der Waals surface area contributed by atoms with Gasteiger partial charge in [0, 0.05) is 38.0 Å². The quantitative estimate of drug-likeness (QED) is 0.786. The first-order chi connectivity index (χ1) is 9.15. The summed E-state index contributed by atoms with van der Waals surface area (Å²) < 4.78 is 0. The molecule has 19 heavy (non-hydrogen) atoms. The van der Waals surface area contributed by atoms with Crippen LogP contribution >= 0.6 is 11.3 Å². The standard InChI is InChI=1S/C15H16N2OS/c1-10(18)14-9-16-15(19-14)12-5-6-13-11(8-12)4-3-7-17(13)2/h5-6,8-9H,3-4,7H2,1-2H3. The van der Waals surface area contributed by atoms with Crippen LogP contribution in [0.3, 0.4) is 0 Å². The number of ketones is 1. The number of hydrogen-bond acceptors (Lipinski definition) is 4. The van der Waals surface area contributed by atoms with Gasteiger partial charge in [-0.3, -0.25) is 4.79 Å². The summed E-state index contributed by atoms with van der Waals surface area (Å²) in [5, 5.41) is 0.932. The molecule has 2 aromatic rings. The summed E-state index contributed by atoms with van der Waals surface area (Å²) in [6.45, 7) is 2.71. The topological polar surface area (TPSA) is 33.2 Å². The number of nitrogens with zero attached hydrogens (tertiary/aromatic N) is 2. The van der Waals surface area contributed by atoms with Gasteiger partial charge in [-0.1, -0.05) is 0 Å². The van der Waals surface area contributed by atoms with Crippen LogP contribution in [0.2, 0.25) is 0 Å². The van der Waals surface area contributed by atoms with Crippen LogP contribution in [0, 0.1) is 0 Å². The third kappa shape index (κ3) is 2.28. The minimum atomic E-state index is 0.0847. The molecule has 98 valence electrons. The molecule has 1 aliphatic rings. The van der Waals surface area contributed by atoms with Crippen molar-refractivity contribution in [1.82, 2.24) is 4.98 Å². The lowest BCUT2D eigenvalue weighted by molar-refractivity contribution is 0.102. The second-order valence-electron chi connectivity index (χ2n) is 4.95. The first kappa shape index (κ1) is 12.4. The number of carbonyl (C=O) groups is 1. The summed E-state index contributed by atoms with van der Waals surface area (Å²) in [6, 6.07) is 6.48. The van der Waals surface area contributed by atoms with Crippen LogP contribution in [0.4, 0.5) is 5.69 Å². The molecule has 1 aliphatic heterocycles. The van der Waals surface area contributed by atoms with E-state index < -0.39 is 0 Å². The maximum Gasteiger partial charge on any atom is 0.171 e. The third-order valence-corrected chi connectivity index (χ3v) is 4.68. The number of benzene rings is 1. The van der Waals surface area contributed by atoms with Gasteiger partial charge in [0.05, 0.1) is 4.88 Å². The lowest BCUT2D eigenvalue weighted by atomic mass is 10.00. The van der Waals surface area contributed by atoms with Gasteiger partial charge in [0.15, 0.2) is 5.78 Å². The molecule has 0 bridgehead atoms. The van der Waals surface area contributed by atoms with Crippen molar-refractivity contribution in [2.24, 2.45) is 0 Å². The zero-order chi connectivity index (χ0) is 13.4. The molecule has 0 atom stereocenters. The average molecular weight is 272 g/mol. The summed E-state index contributed by atoms with van der Waals surface area (Å²) in [4.78, 5) is 18.7. The van der Waals surface area contributed by atoms with Crippen molar-refractivity contribution in [3.8, 4) is 10.6 Å². The van der Waals surface area contributed by atoms with Crippen LogP contribution in [0.25, 0.3) is 10.6 Å². The Morgan fingerprint density at radius 3 is 3.00 bits per heavy atom. The Morgan fingerprint density at radius 1 is 1.42 bits per heavy atom. The number of Topliss-reactive ketones (excluding diaryl/α,β-unsaturated/α-hetero) is 1. The highest BCUT2D eigenvalue weighted by atomic mass is 32.1. The number of anilines is 1. The summed E-state index contributed by atoms with van der Waals surface area (Å²) in [7, 11) is 2.13. The van der Waals surface area contributed by atoms with Gasteiger partial charge in [0.2, 0.25) is 0 Å². The Labute approximate surface area is 116 Å². The monoisotopic (exact) mass is 272 g/mol. The summed E-state index contributed by atoms with van der Waals surface area (Å²) in [5.74, 6) is 0.0847. The SMILES string of the molecule is CC(=O)c1cnc(-c2ccc3c(c2)CCCN3C)s1. The van der Waals surface area contributed by atoms with Crippen LogP contribution in [0.1, 0.15) is 28.6 Å². The summed E-state index contributed by atoms with van der Waals surface area (Å²) in [6.07, 6.45) is 4.00. The highest BCUT2D eigenvalue weighted by Crippen LogP contribution is 2.32. The third-order valence-electron chi connectivity index (χ3n) is 3.53. The first-order valence-electron chi connectivity index (χ1n) is 6.46. The maximum absolute atomic E-state index is 11.3. The minimum absolute atomic E-state index is 0.0847. The van der Waals surface area contributed by atoms with E-state index in [4.69, 9.17) is 0 Å². The number of aromatic nitrogens is 1. The maximum atomic E-state index is 11.3. The fourth-order valence-electron chi connectivity index (χ4n) is 2.49. The molecular weight excluding hydrogens is 256 g/mol. The lowest BCUT2D eigenvalue weighted by Crippen LogP contribution is -2.24. The van der Waals surface area contributed by atoms with Crippen molar-refractivity contribution < 1.29 is 4.79 Å². The molecule has 0 spiro atoms. The Kier molecular flexibility index (Phi) is 3.11. The Morgan fingerprint density at radius 2 is 2.26 bits per heavy atom. The van der Waals surface area contributed by atoms with Crippen LogP contribution in [0.5, 0.6) is 0 Å². The van der Waals surface area contributed by atoms with Crippen molar-refractivity contribution in [2.45, 2.75) is 19.8 Å². The van der Waals surface area contributed by atoms with Crippen LogP contribution in [-0.4, -0.2) is 24.4 Å². The molecule has 1 aromatic heterocycles. The van der Waals surface area contributed by atoms with Gasteiger partial charge >= 0.3 is 0 Å². The number of hydrogen-bond donors (Lipinski definition) is 0. The number of carbonyl (C=O) groups excluding carboxylic acids is 1. The van der Waals surface area contributed by atoms with E-state index in [2.05, 4.69) is 35.1 Å². The number of fused-ring (bicyclic) bond motifs is 1. The fraction of sp³-hybridized carbons (Fsp3) is 0.333. The predicted molar refractivity (Wildman–Crippen MR) is 79.1 cm³/mol. The van der Waals surface area contributed by atoms with Gasteiger partial charge in [-0.2, -0.15) is 0 Å². The number of rotatable bonds is 2. The van der Waals surface area contributed by atoms with E-state index in [0.717, 1.165) is 28.4 Å². The van der Waals surface area contributed by atoms with E-state index in [-0.39, 0.29) is 5.78 Å². The summed E-state index contributed by atoms with van der Waals surface area (Å²) in [5.41, 5.74) is 3.82. The van der Waals surface area contributed by atoms with Gasteiger partial charge in [-0.05, 0) is 36.6 Å². The second kappa shape index (κ2) is 4.78. The number of aryl methyl sites for hydroxylation is 1. The van der Waals surface area contributed by atoms with Crippen molar-refractivity contribution in [3.05, 3.63) is 34.8 Å². The van der Waals surface area contributed by atoms with Crippen LogP contribution < -0.4 is 4.90 Å². The van der Waals surface area contributed by atoms with Crippen molar-refractivity contribution in [1.29, 1.82) is 0 Å². The largest absolute Gasteiger partial charge is 0.374 e. The van der Waals surface area contributed by atoms with Gasteiger partial charge in [-0.25, -0.2) is 4.98 Å². The van der Waals surface area contributed by atoms with Crippen molar-refractivity contribution in [2.75, 3.05) is 18.5 Å². The molecule has 2 heterocycles. The highest BCUT2D eigenvalue weighted by Gasteiger charge is 2.15. The Bertz CT molecular complexity index is 633. The molecule has 0 unspecified atom stereocenters. The minimum Gasteiger partial charge on any atom is -0.374 e. The van der Waals surface area contributed by atoms with Crippen LogP contribution in [0.15, 0.2) is 24.4 Å². The first-order valence-corrected chi connectivity index (χ1v) is 7.28. The zero-order valence-electron chi connectivity index (χ0n) is 11.1. The van der Waals surface area contributed by atoms with Crippen molar-refractivity contribution in [3.63, 3.8) is 0 Å². The van der Waals surface area contributed by atoms with Crippen molar-refractivity contribution >= 4 is 22.8 Å². The smallest absolute Gasteiger partial charge is 0.171 e. The Hall–Kier alpha value is -1.68. The molecule has 3 rings (SSSR count).